The number of amides is 1. The number of aromatic nitrogens is 2. The molecular formula is C18H27N3O3S2. The molecule has 26 heavy (non-hydrogen) atoms. The molecule has 2 aromatic rings. The van der Waals surface area contributed by atoms with Gasteiger partial charge in [0.25, 0.3) is 5.56 Å². The van der Waals surface area contributed by atoms with Gasteiger partial charge in [0.2, 0.25) is 5.91 Å². The molecule has 0 aliphatic rings. The van der Waals surface area contributed by atoms with Crippen molar-refractivity contribution in [1.29, 1.82) is 0 Å². The summed E-state index contributed by atoms with van der Waals surface area (Å²) < 4.78 is 4.92. The zero-order chi connectivity index (χ0) is 19.3. The Kier molecular flexibility index (Phi) is 7.67. The van der Waals surface area contributed by atoms with Gasteiger partial charge in [0, 0.05) is 18.5 Å². The molecule has 0 aliphatic heterocycles. The van der Waals surface area contributed by atoms with Crippen LogP contribution < -0.4 is 10.9 Å². The predicted octanol–water partition coefficient (Wildman–Crippen LogP) is 3.12. The summed E-state index contributed by atoms with van der Waals surface area (Å²) in [7, 11) is 1.59. The van der Waals surface area contributed by atoms with Gasteiger partial charge in [-0.05, 0) is 31.7 Å². The van der Waals surface area contributed by atoms with Crippen LogP contribution in [-0.4, -0.2) is 41.4 Å². The molecule has 0 saturated carbocycles. The second-order valence-corrected chi connectivity index (χ2v) is 8.98. The van der Waals surface area contributed by atoms with Gasteiger partial charge < -0.3 is 15.0 Å². The van der Waals surface area contributed by atoms with Crippen LogP contribution in [0.4, 0.5) is 0 Å². The Bertz CT molecular complexity index is 816. The number of thiophene rings is 1. The first-order valence-electron chi connectivity index (χ1n) is 8.82. The summed E-state index contributed by atoms with van der Waals surface area (Å²) in [6.45, 7) is 9.13. The molecule has 2 aromatic heterocycles. The van der Waals surface area contributed by atoms with E-state index in [4.69, 9.17) is 4.74 Å². The van der Waals surface area contributed by atoms with E-state index in [2.05, 4.69) is 29.1 Å². The van der Waals surface area contributed by atoms with E-state index in [0.717, 1.165) is 28.1 Å². The van der Waals surface area contributed by atoms with Crippen LogP contribution >= 0.6 is 23.1 Å². The number of carbonyl (C=O) groups excluding carboxylic acids is 1. The molecule has 0 bridgehead atoms. The number of methoxy groups -OCH3 is 1. The van der Waals surface area contributed by atoms with Crippen molar-refractivity contribution in [2.45, 2.75) is 50.9 Å². The fourth-order valence-corrected chi connectivity index (χ4v) is 4.52. The highest BCUT2D eigenvalue weighted by Gasteiger charge is 2.19. The molecule has 144 valence electrons. The number of H-pyrrole nitrogens is 1. The van der Waals surface area contributed by atoms with Crippen LogP contribution in [0.15, 0.2) is 9.95 Å². The number of nitrogens with one attached hydrogen (secondary N) is 2. The molecule has 6 nitrogen and oxygen atoms in total. The fourth-order valence-electron chi connectivity index (χ4n) is 2.59. The SMILES string of the molecule is CC[C@H](C)Cc1c(C)sc2nc(S[C@H](C)C(=O)NCCOC)[nH]c(=O)c12. The lowest BCUT2D eigenvalue weighted by molar-refractivity contribution is -0.120. The number of nitrogens with zero attached hydrogens (tertiary/aromatic N) is 1. The summed E-state index contributed by atoms with van der Waals surface area (Å²) in [6, 6.07) is 0. The third kappa shape index (κ3) is 5.08. The Morgan fingerprint density at radius 2 is 2.15 bits per heavy atom. The lowest BCUT2D eigenvalue weighted by Gasteiger charge is -2.11. The molecular weight excluding hydrogens is 370 g/mol. The van der Waals surface area contributed by atoms with Crippen molar-refractivity contribution in [3.8, 4) is 0 Å². The van der Waals surface area contributed by atoms with E-state index in [1.54, 1.807) is 25.4 Å². The van der Waals surface area contributed by atoms with Crippen molar-refractivity contribution in [2.24, 2.45) is 5.92 Å². The van der Waals surface area contributed by atoms with Gasteiger partial charge in [0.1, 0.15) is 4.83 Å². The van der Waals surface area contributed by atoms with Crippen LogP contribution in [0.1, 0.15) is 37.6 Å². The average Bonchev–Trinajstić information content (AvgIpc) is 2.90. The van der Waals surface area contributed by atoms with E-state index in [0.29, 0.717) is 29.6 Å². The van der Waals surface area contributed by atoms with Crippen molar-refractivity contribution in [1.82, 2.24) is 15.3 Å². The lowest BCUT2D eigenvalue weighted by Crippen LogP contribution is -2.33. The van der Waals surface area contributed by atoms with E-state index in [-0.39, 0.29) is 16.7 Å². The maximum Gasteiger partial charge on any atom is 0.260 e. The minimum Gasteiger partial charge on any atom is -0.383 e. The number of hydrogen-bond donors (Lipinski definition) is 2. The highest BCUT2D eigenvalue weighted by Crippen LogP contribution is 2.31. The van der Waals surface area contributed by atoms with E-state index in [1.807, 2.05) is 6.92 Å². The molecule has 0 aliphatic carbocycles. The van der Waals surface area contributed by atoms with Gasteiger partial charge in [-0.2, -0.15) is 0 Å². The molecule has 0 radical (unpaired) electrons. The molecule has 2 heterocycles. The summed E-state index contributed by atoms with van der Waals surface area (Å²) in [4.78, 5) is 34.1. The average molecular weight is 398 g/mol. The van der Waals surface area contributed by atoms with Crippen molar-refractivity contribution >= 4 is 39.2 Å². The number of fused-ring (bicyclic) bond motifs is 1. The van der Waals surface area contributed by atoms with Gasteiger partial charge in [0.05, 0.1) is 17.2 Å². The number of hydrogen-bond acceptors (Lipinski definition) is 6. The first kappa shape index (κ1) is 20.9. The standard InChI is InChI=1S/C18H27N3O3S2/c1-6-10(2)9-13-11(3)25-17-14(13)16(23)20-18(21-17)26-12(4)15(22)19-7-8-24-5/h10,12H,6-9H2,1-5H3,(H,19,22)(H,20,21,23)/t10-,12+/m0/s1. The second-order valence-electron chi connectivity index (χ2n) is 6.45. The number of rotatable bonds is 9. The van der Waals surface area contributed by atoms with Crippen LogP contribution in [0, 0.1) is 12.8 Å². The Balaban J connectivity index is 2.21. The molecule has 0 aromatic carbocycles. The highest BCUT2D eigenvalue weighted by molar-refractivity contribution is 8.00. The van der Waals surface area contributed by atoms with Crippen molar-refractivity contribution in [2.75, 3.05) is 20.3 Å². The number of aryl methyl sites for hydroxylation is 1. The van der Waals surface area contributed by atoms with Crippen LogP contribution in [0.3, 0.4) is 0 Å². The number of carbonyl (C=O) groups is 1. The van der Waals surface area contributed by atoms with Gasteiger partial charge >= 0.3 is 0 Å². The minimum absolute atomic E-state index is 0.102. The summed E-state index contributed by atoms with van der Waals surface area (Å²) in [6.07, 6.45) is 1.96. The van der Waals surface area contributed by atoms with E-state index in [9.17, 15) is 9.59 Å². The zero-order valence-corrected chi connectivity index (χ0v) is 17.6. The van der Waals surface area contributed by atoms with Crippen molar-refractivity contribution < 1.29 is 9.53 Å². The molecule has 0 unspecified atom stereocenters. The second kappa shape index (κ2) is 9.53. The Labute approximate surface area is 162 Å². The summed E-state index contributed by atoms with van der Waals surface area (Å²) >= 11 is 2.81. The quantitative estimate of drug-likeness (QED) is 0.386. The molecule has 1 amide bonds. The molecule has 0 spiro atoms. The molecule has 0 fully saturated rings. The predicted molar refractivity (Wildman–Crippen MR) is 108 cm³/mol. The minimum atomic E-state index is -0.354. The van der Waals surface area contributed by atoms with Gasteiger partial charge in [-0.25, -0.2) is 4.98 Å². The third-order valence-electron chi connectivity index (χ3n) is 4.35. The third-order valence-corrected chi connectivity index (χ3v) is 6.38. The van der Waals surface area contributed by atoms with Crippen LogP contribution in [0.5, 0.6) is 0 Å². The van der Waals surface area contributed by atoms with Crippen LogP contribution in [-0.2, 0) is 16.0 Å². The van der Waals surface area contributed by atoms with Crippen LogP contribution in [0.2, 0.25) is 0 Å². The van der Waals surface area contributed by atoms with E-state index < -0.39 is 0 Å². The molecule has 2 N–H and O–H groups in total. The summed E-state index contributed by atoms with van der Waals surface area (Å²) in [5.74, 6) is 0.422. The molecule has 2 rings (SSSR count). The fraction of sp³-hybridized carbons (Fsp3) is 0.611. The van der Waals surface area contributed by atoms with Crippen molar-refractivity contribution in [3.63, 3.8) is 0 Å². The van der Waals surface area contributed by atoms with Gasteiger partial charge in [0.15, 0.2) is 5.16 Å². The monoisotopic (exact) mass is 397 g/mol. The van der Waals surface area contributed by atoms with Gasteiger partial charge in [-0.3, -0.25) is 9.59 Å². The number of thioether (sulfide) groups is 1. The maximum absolute atomic E-state index is 12.6. The summed E-state index contributed by atoms with van der Waals surface area (Å²) in [5.41, 5.74) is 0.988. The van der Waals surface area contributed by atoms with Crippen molar-refractivity contribution in [3.05, 3.63) is 20.8 Å². The Hall–Kier alpha value is -1.38. The first-order valence-corrected chi connectivity index (χ1v) is 10.5. The Morgan fingerprint density at radius 3 is 2.81 bits per heavy atom. The smallest absolute Gasteiger partial charge is 0.260 e. The first-order chi connectivity index (χ1) is 12.4. The maximum atomic E-state index is 12.6. The Morgan fingerprint density at radius 1 is 1.42 bits per heavy atom. The van der Waals surface area contributed by atoms with Gasteiger partial charge in [-0.15, -0.1) is 11.3 Å². The summed E-state index contributed by atoms with van der Waals surface area (Å²) in [5, 5.41) is 3.62. The largest absolute Gasteiger partial charge is 0.383 e. The van der Waals surface area contributed by atoms with E-state index >= 15 is 0 Å². The zero-order valence-electron chi connectivity index (χ0n) is 16.0. The highest BCUT2D eigenvalue weighted by atomic mass is 32.2. The number of aromatic amines is 1. The van der Waals surface area contributed by atoms with E-state index in [1.165, 1.54) is 11.8 Å². The molecule has 2 atom stereocenters. The number of ether oxygens (including phenoxy) is 1. The topological polar surface area (TPSA) is 84.1 Å². The molecule has 8 heteroatoms. The van der Waals surface area contributed by atoms with Crippen LogP contribution in [0.25, 0.3) is 10.2 Å². The normalized spacial score (nSPS) is 13.7. The van der Waals surface area contributed by atoms with Gasteiger partial charge in [-0.1, -0.05) is 32.0 Å². The molecule has 0 saturated heterocycles. The lowest BCUT2D eigenvalue weighted by atomic mass is 9.98.